The van der Waals surface area contributed by atoms with Crippen LogP contribution in [0.25, 0.3) is 0 Å². The zero-order valence-electron chi connectivity index (χ0n) is 14.0. The number of esters is 1. The summed E-state index contributed by atoms with van der Waals surface area (Å²) in [6.07, 6.45) is 0. The Kier molecular flexibility index (Phi) is 5.98. The van der Waals surface area contributed by atoms with Gasteiger partial charge < -0.3 is 9.47 Å². The van der Waals surface area contributed by atoms with Gasteiger partial charge in [-0.2, -0.15) is 23.7 Å². The summed E-state index contributed by atoms with van der Waals surface area (Å²) in [5, 5.41) is 17.4. The summed E-state index contributed by atoms with van der Waals surface area (Å²) in [6.45, 7) is 0.826. The Morgan fingerprint density at radius 1 is 0.759 bits per heavy atom. The average molecular weight is 418 g/mol. The van der Waals surface area contributed by atoms with Crippen LogP contribution in [0.5, 0.6) is 11.5 Å². The molecule has 0 saturated carbocycles. The number of rotatable bonds is 4. The van der Waals surface area contributed by atoms with Crippen molar-refractivity contribution in [2.75, 3.05) is 6.61 Å². The first-order chi connectivity index (χ1) is 13.6. The van der Waals surface area contributed by atoms with E-state index >= 15 is 0 Å². The summed E-state index contributed by atoms with van der Waals surface area (Å²) in [5.41, 5.74) is -4.53. The van der Waals surface area contributed by atoms with Crippen LogP contribution < -0.4 is 4.74 Å². The molecule has 0 radical (unpaired) electrons. The molecule has 150 valence electrons. The number of hydrogen-bond acceptors (Lipinski definition) is 5. The SMILES string of the molecule is CCOC(=O)c1c(F)c(F)c(Oc2c(F)c(F)c(C#N)c(C#N)c2F)c(F)c1F. The molecular formula is C17H5F7N2O3. The van der Waals surface area contributed by atoms with Gasteiger partial charge in [0.05, 0.1) is 6.61 Å². The van der Waals surface area contributed by atoms with Crippen molar-refractivity contribution in [1.82, 2.24) is 0 Å². The molecule has 0 bridgehead atoms. The lowest BCUT2D eigenvalue weighted by Crippen LogP contribution is -2.15. The molecule has 0 amide bonds. The predicted octanol–water partition coefficient (Wildman–Crippen LogP) is 4.37. The molecule has 0 aliphatic heterocycles. The van der Waals surface area contributed by atoms with Crippen LogP contribution in [-0.2, 0) is 4.74 Å². The van der Waals surface area contributed by atoms with Crippen LogP contribution in [0.1, 0.15) is 28.4 Å². The normalized spacial score (nSPS) is 10.3. The molecule has 5 nitrogen and oxygen atoms in total. The van der Waals surface area contributed by atoms with Gasteiger partial charge in [0, 0.05) is 0 Å². The van der Waals surface area contributed by atoms with Crippen molar-refractivity contribution in [3.05, 3.63) is 57.4 Å². The summed E-state index contributed by atoms with van der Waals surface area (Å²) in [7, 11) is 0. The topological polar surface area (TPSA) is 83.1 Å². The molecule has 0 aliphatic carbocycles. The number of benzene rings is 2. The zero-order valence-corrected chi connectivity index (χ0v) is 14.0. The molecule has 2 rings (SSSR count). The number of nitrogens with zero attached hydrogens (tertiary/aromatic N) is 2. The number of carbonyl (C=O) groups is 1. The highest BCUT2D eigenvalue weighted by Gasteiger charge is 2.34. The Bertz CT molecular complexity index is 1090. The molecule has 0 fully saturated rings. The monoisotopic (exact) mass is 418 g/mol. The molecule has 2 aromatic rings. The Morgan fingerprint density at radius 3 is 1.62 bits per heavy atom. The van der Waals surface area contributed by atoms with Crippen molar-refractivity contribution < 1.29 is 45.0 Å². The van der Waals surface area contributed by atoms with Gasteiger partial charge >= 0.3 is 5.97 Å². The molecule has 0 spiro atoms. The number of ether oxygens (including phenoxy) is 2. The van der Waals surface area contributed by atoms with Gasteiger partial charge in [-0.1, -0.05) is 0 Å². The van der Waals surface area contributed by atoms with E-state index in [4.69, 9.17) is 10.5 Å². The Labute approximate surface area is 157 Å². The highest BCUT2D eigenvalue weighted by Crippen LogP contribution is 2.38. The smallest absolute Gasteiger partial charge is 0.344 e. The maximum atomic E-state index is 14.2. The standard InChI is InChI=1S/C17H5F7N2O3/c1-2-28-17(27)7-10(20)13(23)16(14(24)11(7)21)29-15-9(19)6(4-26)5(3-25)8(18)12(15)22/h2H2,1H3. The van der Waals surface area contributed by atoms with E-state index in [1.54, 1.807) is 0 Å². The minimum absolute atomic E-state index is 0.406. The summed E-state index contributed by atoms with van der Waals surface area (Å²) >= 11 is 0. The molecule has 0 heterocycles. The first-order valence-corrected chi connectivity index (χ1v) is 7.33. The molecule has 0 atom stereocenters. The van der Waals surface area contributed by atoms with Gasteiger partial charge in [0.2, 0.25) is 29.0 Å². The highest BCUT2D eigenvalue weighted by atomic mass is 19.2. The number of nitriles is 2. The van der Waals surface area contributed by atoms with E-state index < -0.39 is 81.5 Å². The quantitative estimate of drug-likeness (QED) is 0.418. The molecule has 0 aromatic heterocycles. The van der Waals surface area contributed by atoms with Gasteiger partial charge in [0.15, 0.2) is 23.3 Å². The van der Waals surface area contributed by atoms with E-state index in [0.717, 1.165) is 12.1 Å². The van der Waals surface area contributed by atoms with Crippen molar-refractivity contribution >= 4 is 5.97 Å². The van der Waals surface area contributed by atoms with Crippen LogP contribution in [-0.4, -0.2) is 12.6 Å². The second-order valence-corrected chi connectivity index (χ2v) is 5.03. The lowest BCUT2D eigenvalue weighted by molar-refractivity contribution is 0.0512. The van der Waals surface area contributed by atoms with Crippen LogP contribution in [0.3, 0.4) is 0 Å². The molecule has 29 heavy (non-hydrogen) atoms. The molecular weight excluding hydrogens is 413 g/mol. The highest BCUT2D eigenvalue weighted by molar-refractivity contribution is 5.90. The van der Waals surface area contributed by atoms with E-state index in [1.807, 2.05) is 0 Å². The molecule has 2 aromatic carbocycles. The van der Waals surface area contributed by atoms with E-state index in [0.29, 0.717) is 0 Å². The van der Waals surface area contributed by atoms with Crippen molar-refractivity contribution in [3.8, 4) is 23.6 Å². The number of hydrogen-bond donors (Lipinski definition) is 0. The minimum atomic E-state index is -2.39. The van der Waals surface area contributed by atoms with Crippen LogP contribution in [0.2, 0.25) is 0 Å². The van der Waals surface area contributed by atoms with Crippen molar-refractivity contribution in [1.29, 1.82) is 10.5 Å². The van der Waals surface area contributed by atoms with E-state index in [-0.39, 0.29) is 0 Å². The van der Waals surface area contributed by atoms with Crippen molar-refractivity contribution in [3.63, 3.8) is 0 Å². The predicted molar refractivity (Wildman–Crippen MR) is 78.1 cm³/mol. The third kappa shape index (κ3) is 3.40. The second-order valence-electron chi connectivity index (χ2n) is 5.03. The number of carbonyl (C=O) groups excluding carboxylic acids is 1. The summed E-state index contributed by atoms with van der Waals surface area (Å²) < 4.78 is 107. The molecule has 0 saturated heterocycles. The fourth-order valence-electron chi connectivity index (χ4n) is 2.12. The molecule has 0 unspecified atom stereocenters. The van der Waals surface area contributed by atoms with Gasteiger partial charge in [-0.25, -0.2) is 22.4 Å². The van der Waals surface area contributed by atoms with Gasteiger partial charge in [0.25, 0.3) is 0 Å². The maximum Gasteiger partial charge on any atom is 0.344 e. The van der Waals surface area contributed by atoms with Crippen LogP contribution in [0.15, 0.2) is 0 Å². The van der Waals surface area contributed by atoms with Gasteiger partial charge in [-0.3, -0.25) is 0 Å². The fourth-order valence-corrected chi connectivity index (χ4v) is 2.12. The largest absolute Gasteiger partial charge is 0.462 e. The lowest BCUT2D eigenvalue weighted by atomic mass is 10.1. The van der Waals surface area contributed by atoms with Gasteiger partial charge in [0.1, 0.15) is 28.8 Å². The van der Waals surface area contributed by atoms with Crippen molar-refractivity contribution in [2.24, 2.45) is 0 Å². The fraction of sp³-hybridized carbons (Fsp3) is 0.118. The van der Waals surface area contributed by atoms with Crippen LogP contribution in [0.4, 0.5) is 30.7 Å². The van der Waals surface area contributed by atoms with Crippen molar-refractivity contribution in [2.45, 2.75) is 6.92 Å². The molecule has 0 aliphatic rings. The summed E-state index contributed by atoms with van der Waals surface area (Å²) in [6, 6.07) is 2.03. The maximum absolute atomic E-state index is 14.2. The lowest BCUT2D eigenvalue weighted by Gasteiger charge is -2.14. The van der Waals surface area contributed by atoms with Gasteiger partial charge in [-0.15, -0.1) is 0 Å². The first-order valence-electron chi connectivity index (χ1n) is 7.33. The third-order valence-electron chi connectivity index (χ3n) is 3.41. The molecule has 0 N–H and O–H groups in total. The second kappa shape index (κ2) is 8.06. The average Bonchev–Trinajstić information content (AvgIpc) is 2.68. The Morgan fingerprint density at radius 2 is 1.17 bits per heavy atom. The van der Waals surface area contributed by atoms with E-state index in [1.165, 1.54) is 6.92 Å². The van der Waals surface area contributed by atoms with E-state index in [2.05, 4.69) is 9.47 Å². The van der Waals surface area contributed by atoms with Gasteiger partial charge in [-0.05, 0) is 6.92 Å². The third-order valence-corrected chi connectivity index (χ3v) is 3.41. The Balaban J connectivity index is 2.75. The van der Waals surface area contributed by atoms with E-state index in [9.17, 15) is 35.5 Å². The van der Waals surface area contributed by atoms with Crippen LogP contribution >= 0.6 is 0 Å². The minimum Gasteiger partial charge on any atom is -0.462 e. The first kappa shape index (κ1) is 21.5. The number of halogens is 7. The zero-order chi connectivity index (χ0) is 22.0. The van der Waals surface area contributed by atoms with Crippen LogP contribution in [0, 0.1) is 63.4 Å². The summed E-state index contributed by atoms with van der Waals surface area (Å²) in [5.74, 6) is -21.7. The molecule has 12 heteroatoms. The summed E-state index contributed by atoms with van der Waals surface area (Å²) in [4.78, 5) is 11.5. The Hall–Kier alpha value is -3.80.